The van der Waals surface area contributed by atoms with E-state index in [1.807, 2.05) is 0 Å². The molecule has 0 aliphatic carbocycles. The van der Waals surface area contributed by atoms with Crippen LogP contribution in [-0.2, 0) is 19.6 Å². The van der Waals surface area contributed by atoms with Crippen molar-refractivity contribution < 1.29 is 22.5 Å². The first kappa shape index (κ1) is 19.4. The number of hydrogen-bond acceptors (Lipinski definition) is 5. The van der Waals surface area contributed by atoms with E-state index in [1.165, 1.54) is 44.9 Å². The fourth-order valence-electron chi connectivity index (χ4n) is 1.96. The molecule has 0 aliphatic heterocycles. The van der Waals surface area contributed by atoms with E-state index < -0.39 is 21.8 Å². The lowest BCUT2D eigenvalue weighted by Gasteiger charge is -2.07. The summed E-state index contributed by atoms with van der Waals surface area (Å²) in [7, 11) is -4.51. The summed E-state index contributed by atoms with van der Waals surface area (Å²) in [4.78, 5) is 10.9. The monoisotopic (exact) mass is 307 g/mol. The van der Waals surface area contributed by atoms with Crippen LogP contribution in [0.15, 0.2) is 0 Å². The van der Waals surface area contributed by atoms with Gasteiger partial charge in [0.15, 0.2) is 0 Å². The van der Waals surface area contributed by atoms with Crippen molar-refractivity contribution in [3.8, 4) is 0 Å². The van der Waals surface area contributed by atoms with Crippen LogP contribution in [0.3, 0.4) is 0 Å². The van der Waals surface area contributed by atoms with Gasteiger partial charge < -0.3 is 9.29 Å². The molecule has 0 saturated heterocycles. The highest BCUT2D eigenvalue weighted by atomic mass is 32.2. The first-order valence-electron chi connectivity index (χ1n) is 7.55. The van der Waals surface area contributed by atoms with Gasteiger partial charge in [0.1, 0.15) is 15.9 Å². The topological polar surface area (TPSA) is 83.5 Å². The number of esters is 1. The van der Waals surface area contributed by atoms with Crippen LogP contribution in [0.25, 0.3) is 0 Å². The summed E-state index contributed by atoms with van der Waals surface area (Å²) >= 11 is 0. The minimum absolute atomic E-state index is 0.199. The molecule has 5 nitrogen and oxygen atoms in total. The van der Waals surface area contributed by atoms with Crippen molar-refractivity contribution >= 4 is 16.1 Å². The Balaban J connectivity index is 3.23. The summed E-state index contributed by atoms with van der Waals surface area (Å²) < 4.78 is 35.5. The van der Waals surface area contributed by atoms with E-state index in [2.05, 4.69) is 11.7 Å². The molecule has 0 aromatic carbocycles. The molecule has 120 valence electrons. The first-order chi connectivity index (χ1) is 9.45. The molecule has 0 aromatic rings. The summed E-state index contributed by atoms with van der Waals surface area (Å²) in [5.41, 5.74) is 0. The van der Waals surface area contributed by atoms with E-state index >= 15 is 0 Å². The molecule has 0 aliphatic rings. The van der Waals surface area contributed by atoms with E-state index in [-0.39, 0.29) is 6.61 Å². The van der Waals surface area contributed by atoms with Crippen LogP contribution in [0.1, 0.15) is 71.1 Å². The summed E-state index contributed by atoms with van der Waals surface area (Å²) in [5, 5.41) is 0. The minimum atomic E-state index is -4.51. The normalized spacial score (nSPS) is 11.5. The van der Waals surface area contributed by atoms with Gasteiger partial charge in [0.25, 0.3) is 0 Å². The van der Waals surface area contributed by atoms with E-state index in [1.54, 1.807) is 0 Å². The van der Waals surface area contributed by atoms with E-state index in [0.29, 0.717) is 0 Å². The zero-order valence-electron chi connectivity index (χ0n) is 12.4. The van der Waals surface area contributed by atoms with Gasteiger partial charge >= 0.3 is 5.97 Å². The van der Waals surface area contributed by atoms with Crippen molar-refractivity contribution in [2.45, 2.75) is 71.1 Å². The maximum atomic E-state index is 10.9. The highest BCUT2D eigenvalue weighted by Gasteiger charge is 2.07. The molecule has 0 saturated carbocycles. The summed E-state index contributed by atoms with van der Waals surface area (Å²) in [5.74, 6) is -2.01. The van der Waals surface area contributed by atoms with Gasteiger partial charge in [-0.2, -0.15) is 0 Å². The van der Waals surface area contributed by atoms with Crippen molar-refractivity contribution in [2.24, 2.45) is 0 Å². The Morgan fingerprint density at radius 2 is 1.35 bits per heavy atom. The van der Waals surface area contributed by atoms with Crippen LogP contribution >= 0.6 is 0 Å². The van der Waals surface area contributed by atoms with Crippen molar-refractivity contribution in [2.75, 3.05) is 12.4 Å². The number of hydrogen-bond donors (Lipinski definition) is 0. The Morgan fingerprint density at radius 1 is 0.900 bits per heavy atom. The molecular formula is C14H27O5S-. The average molecular weight is 307 g/mol. The molecule has 0 bridgehead atoms. The third-order valence-electron chi connectivity index (χ3n) is 3.06. The Hall–Kier alpha value is -0.620. The maximum absolute atomic E-state index is 10.9. The highest BCUT2D eigenvalue weighted by molar-refractivity contribution is 7.86. The molecule has 0 rings (SSSR count). The Kier molecular flexibility index (Phi) is 11.8. The summed E-state index contributed by atoms with van der Waals surface area (Å²) in [6.07, 6.45) is 11.8. The third kappa shape index (κ3) is 15.4. The van der Waals surface area contributed by atoms with Crippen molar-refractivity contribution in [1.82, 2.24) is 0 Å². The fraction of sp³-hybridized carbons (Fsp3) is 0.929. The van der Waals surface area contributed by atoms with Crippen LogP contribution in [0.2, 0.25) is 0 Å². The molecule has 0 heterocycles. The maximum Gasteiger partial charge on any atom is 0.319 e. The van der Waals surface area contributed by atoms with Crippen LogP contribution in [0, 0.1) is 0 Å². The molecule has 0 N–H and O–H groups in total. The summed E-state index contributed by atoms with van der Waals surface area (Å²) in [6.45, 7) is 2.41. The quantitative estimate of drug-likeness (QED) is 0.297. The Bertz CT molecular complexity index is 337. The lowest BCUT2D eigenvalue weighted by atomic mass is 10.1. The minimum Gasteiger partial charge on any atom is -0.748 e. The second kappa shape index (κ2) is 12.1. The van der Waals surface area contributed by atoms with E-state index in [4.69, 9.17) is 0 Å². The van der Waals surface area contributed by atoms with Gasteiger partial charge in [-0.1, -0.05) is 64.7 Å². The van der Waals surface area contributed by atoms with Gasteiger partial charge in [-0.25, -0.2) is 8.42 Å². The number of ether oxygens (including phenoxy) is 1. The number of unbranched alkanes of at least 4 members (excludes halogenated alkanes) is 9. The molecule has 0 fully saturated rings. The molecule has 0 atom stereocenters. The number of carbonyl (C=O) groups is 1. The average Bonchev–Trinajstić information content (AvgIpc) is 2.34. The molecule has 0 radical (unpaired) electrons. The fourth-order valence-corrected chi connectivity index (χ4v) is 2.33. The SMILES string of the molecule is CCCCCCCCCCCCOC(=O)CS(=O)(=O)[O-]. The van der Waals surface area contributed by atoms with Crippen LogP contribution in [0.5, 0.6) is 0 Å². The number of carbonyl (C=O) groups excluding carboxylic acids is 1. The highest BCUT2D eigenvalue weighted by Crippen LogP contribution is 2.10. The van der Waals surface area contributed by atoms with Crippen molar-refractivity contribution in [3.63, 3.8) is 0 Å². The molecule has 20 heavy (non-hydrogen) atoms. The van der Waals surface area contributed by atoms with Gasteiger partial charge in [0, 0.05) is 0 Å². The molecule has 0 aromatic heterocycles. The van der Waals surface area contributed by atoms with Gasteiger partial charge in [0.2, 0.25) is 0 Å². The molecule has 0 amide bonds. The number of rotatable bonds is 13. The molecule has 6 heteroatoms. The third-order valence-corrected chi connectivity index (χ3v) is 3.64. The van der Waals surface area contributed by atoms with Gasteiger partial charge in [-0.15, -0.1) is 0 Å². The Labute approximate surface area is 122 Å². The smallest absolute Gasteiger partial charge is 0.319 e. The lowest BCUT2D eigenvalue weighted by Crippen LogP contribution is -2.18. The largest absolute Gasteiger partial charge is 0.748 e. The van der Waals surface area contributed by atoms with Crippen molar-refractivity contribution in [1.29, 1.82) is 0 Å². The van der Waals surface area contributed by atoms with Gasteiger partial charge in [0.05, 0.1) is 6.61 Å². The second-order valence-corrected chi connectivity index (χ2v) is 6.51. The van der Waals surface area contributed by atoms with Crippen LogP contribution in [0.4, 0.5) is 0 Å². The second-order valence-electron chi connectivity index (χ2n) is 5.10. The molecule has 0 spiro atoms. The van der Waals surface area contributed by atoms with E-state index in [0.717, 1.165) is 19.3 Å². The molecule has 0 unspecified atom stereocenters. The first-order valence-corrected chi connectivity index (χ1v) is 9.12. The Morgan fingerprint density at radius 3 is 1.80 bits per heavy atom. The van der Waals surface area contributed by atoms with Crippen molar-refractivity contribution in [3.05, 3.63) is 0 Å². The predicted octanol–water partition coefficient (Wildman–Crippen LogP) is 3.00. The van der Waals surface area contributed by atoms with Gasteiger partial charge in [-0.3, -0.25) is 4.79 Å². The van der Waals surface area contributed by atoms with Crippen LogP contribution < -0.4 is 0 Å². The zero-order chi connectivity index (χ0) is 15.3. The summed E-state index contributed by atoms with van der Waals surface area (Å²) in [6, 6.07) is 0. The zero-order valence-corrected chi connectivity index (χ0v) is 13.3. The van der Waals surface area contributed by atoms with Gasteiger partial charge in [-0.05, 0) is 6.42 Å². The van der Waals surface area contributed by atoms with Crippen LogP contribution in [-0.4, -0.2) is 31.3 Å². The lowest BCUT2D eigenvalue weighted by molar-refractivity contribution is -0.140. The van der Waals surface area contributed by atoms with E-state index in [9.17, 15) is 17.8 Å². The predicted molar refractivity (Wildman–Crippen MR) is 77.4 cm³/mol. The standard InChI is InChI=1S/C14H28O5S/c1-2-3-4-5-6-7-8-9-10-11-12-19-14(15)13-20(16,17)18/h2-13H2,1H3,(H,16,17,18)/p-1. The molecular weight excluding hydrogens is 280 g/mol.